The molecule has 0 amide bonds. The number of benzene rings is 3. The van der Waals surface area contributed by atoms with E-state index in [-0.39, 0.29) is 0 Å². The lowest BCUT2D eigenvalue weighted by Gasteiger charge is -2.15. The van der Waals surface area contributed by atoms with Crippen LogP contribution in [0, 0.1) is 0 Å². The highest BCUT2D eigenvalue weighted by Gasteiger charge is 2.29. The number of rotatable bonds is 4. The Bertz CT molecular complexity index is 1820. The van der Waals surface area contributed by atoms with E-state index in [1.54, 1.807) is 0 Å². The second-order valence-electron chi connectivity index (χ2n) is 9.58. The van der Waals surface area contributed by atoms with E-state index < -0.39 is 0 Å². The van der Waals surface area contributed by atoms with Crippen molar-refractivity contribution in [2.24, 2.45) is 15.0 Å². The zero-order valence-corrected chi connectivity index (χ0v) is 20.5. The van der Waals surface area contributed by atoms with Crippen LogP contribution in [0.25, 0.3) is 22.1 Å². The summed E-state index contributed by atoms with van der Waals surface area (Å²) in [5, 5.41) is 6.67. The van der Waals surface area contributed by atoms with Gasteiger partial charge in [-0.2, -0.15) is 4.99 Å². The summed E-state index contributed by atoms with van der Waals surface area (Å²) in [4.78, 5) is 32.8. The molecule has 10 nitrogen and oxygen atoms in total. The molecule has 10 heteroatoms. The monoisotopic (exact) mass is 500 g/mol. The van der Waals surface area contributed by atoms with Gasteiger partial charge in [-0.15, -0.1) is 0 Å². The SMILES string of the molecule is c1ccc2c(c1)CN(c1nc3ccc(C4=NCCN4)cc3[nH]1)C2=Nc1nc2ccc(C3=NCCN3)cc2[nH]1. The third kappa shape index (κ3) is 3.45. The number of nitrogens with one attached hydrogen (secondary N) is 4. The standard InChI is InChI=1S/C28H24N10/c1-2-4-19-18(3-1)15-38(28-35-21-8-6-17(14-23(21)36-28)25-31-11-12-32-25)26(19)37-27-33-20-7-5-16(13-22(20)34-27)24-29-9-10-30-24/h1-8,13-14H,9-12,15H2,(H,29,30)(H,31,32)(H,33,34)(H,35,36). The summed E-state index contributed by atoms with van der Waals surface area (Å²) in [6.45, 7) is 4.04. The molecule has 5 heterocycles. The maximum atomic E-state index is 5.01. The quantitative estimate of drug-likeness (QED) is 0.302. The van der Waals surface area contributed by atoms with Gasteiger partial charge in [0.1, 0.15) is 17.5 Å². The number of aromatic nitrogens is 4. The van der Waals surface area contributed by atoms with Crippen LogP contribution in [0.2, 0.25) is 0 Å². The summed E-state index contributed by atoms with van der Waals surface area (Å²) < 4.78 is 0. The van der Waals surface area contributed by atoms with Gasteiger partial charge in [-0.3, -0.25) is 14.9 Å². The first kappa shape index (κ1) is 21.1. The molecule has 0 saturated heterocycles. The van der Waals surface area contributed by atoms with Crippen LogP contribution in [0.4, 0.5) is 11.9 Å². The van der Waals surface area contributed by atoms with Crippen LogP contribution < -0.4 is 15.5 Å². The lowest BCUT2D eigenvalue weighted by molar-refractivity contribution is 0.960. The summed E-state index contributed by atoms with van der Waals surface area (Å²) >= 11 is 0. The fourth-order valence-corrected chi connectivity index (χ4v) is 5.31. The van der Waals surface area contributed by atoms with Gasteiger partial charge in [0.15, 0.2) is 0 Å². The van der Waals surface area contributed by atoms with Crippen molar-refractivity contribution >= 4 is 51.5 Å². The van der Waals surface area contributed by atoms with E-state index in [1.807, 2.05) is 24.3 Å². The van der Waals surface area contributed by atoms with Gasteiger partial charge in [0, 0.05) is 29.8 Å². The van der Waals surface area contributed by atoms with Crippen LogP contribution in [-0.4, -0.2) is 63.6 Å². The zero-order chi connectivity index (χ0) is 25.1. The molecule has 4 N–H and O–H groups in total. The fraction of sp³-hybridized carbons (Fsp3) is 0.179. The first-order chi connectivity index (χ1) is 18.8. The summed E-state index contributed by atoms with van der Waals surface area (Å²) in [7, 11) is 0. The van der Waals surface area contributed by atoms with Gasteiger partial charge in [-0.1, -0.05) is 24.3 Å². The molecule has 3 aromatic carbocycles. The number of aliphatic imine (C=N–C) groups is 3. The highest BCUT2D eigenvalue weighted by atomic mass is 15.3. The molecule has 2 aromatic heterocycles. The van der Waals surface area contributed by atoms with Gasteiger partial charge >= 0.3 is 0 Å². The maximum Gasteiger partial charge on any atom is 0.229 e. The molecule has 8 rings (SSSR count). The van der Waals surface area contributed by atoms with Crippen LogP contribution in [-0.2, 0) is 6.54 Å². The van der Waals surface area contributed by atoms with Crippen LogP contribution in [0.3, 0.4) is 0 Å². The molecule has 0 saturated carbocycles. The number of H-pyrrole nitrogens is 2. The van der Waals surface area contributed by atoms with Gasteiger partial charge in [-0.05, 0) is 42.0 Å². The van der Waals surface area contributed by atoms with Crippen LogP contribution in [0.1, 0.15) is 22.3 Å². The van der Waals surface area contributed by atoms with Crippen molar-refractivity contribution in [2.75, 3.05) is 31.1 Å². The lowest BCUT2D eigenvalue weighted by Crippen LogP contribution is -2.25. The van der Waals surface area contributed by atoms with Crippen molar-refractivity contribution in [1.82, 2.24) is 30.6 Å². The number of anilines is 1. The van der Waals surface area contributed by atoms with E-state index in [1.165, 1.54) is 5.56 Å². The lowest BCUT2D eigenvalue weighted by atomic mass is 10.1. The van der Waals surface area contributed by atoms with Gasteiger partial charge in [-0.25, -0.2) is 9.97 Å². The molecule has 0 fully saturated rings. The van der Waals surface area contributed by atoms with E-state index in [0.29, 0.717) is 12.5 Å². The predicted molar refractivity (Wildman–Crippen MR) is 150 cm³/mol. The second-order valence-corrected chi connectivity index (χ2v) is 9.58. The highest BCUT2D eigenvalue weighted by molar-refractivity contribution is 6.14. The fourth-order valence-electron chi connectivity index (χ4n) is 5.31. The Kier molecular flexibility index (Phi) is 4.60. The Balaban J connectivity index is 1.19. The van der Waals surface area contributed by atoms with Crippen molar-refractivity contribution in [3.05, 3.63) is 82.9 Å². The Morgan fingerprint density at radius 3 is 2.13 bits per heavy atom. The van der Waals surface area contributed by atoms with E-state index in [9.17, 15) is 0 Å². The van der Waals surface area contributed by atoms with Crippen LogP contribution in [0.5, 0.6) is 0 Å². The van der Waals surface area contributed by atoms with Gasteiger partial charge < -0.3 is 20.6 Å². The number of hydrogen-bond donors (Lipinski definition) is 4. The smallest absolute Gasteiger partial charge is 0.229 e. The minimum atomic E-state index is 0.555. The second kappa shape index (κ2) is 8.27. The molecule has 3 aliphatic rings. The molecule has 186 valence electrons. The van der Waals surface area contributed by atoms with Crippen molar-refractivity contribution in [1.29, 1.82) is 0 Å². The number of fused-ring (bicyclic) bond motifs is 3. The molecule has 38 heavy (non-hydrogen) atoms. The molecule has 0 bridgehead atoms. The van der Waals surface area contributed by atoms with Crippen LogP contribution >= 0.6 is 0 Å². The maximum absolute atomic E-state index is 5.01. The van der Waals surface area contributed by atoms with Gasteiger partial charge in [0.05, 0.1) is 41.7 Å². The molecule has 0 spiro atoms. The molecule has 0 aliphatic carbocycles. The van der Waals surface area contributed by atoms with E-state index in [4.69, 9.17) is 15.0 Å². The third-order valence-electron chi connectivity index (χ3n) is 7.14. The Morgan fingerprint density at radius 1 is 0.737 bits per heavy atom. The topological polar surface area (TPSA) is 122 Å². The number of nitrogens with zero attached hydrogens (tertiary/aromatic N) is 6. The predicted octanol–water partition coefficient (Wildman–Crippen LogP) is 3.24. The van der Waals surface area contributed by atoms with Crippen molar-refractivity contribution in [3.63, 3.8) is 0 Å². The Labute approximate surface area is 217 Å². The Morgan fingerprint density at radius 2 is 1.42 bits per heavy atom. The number of hydrogen-bond acceptors (Lipinski definition) is 7. The van der Waals surface area contributed by atoms with Gasteiger partial charge in [0.2, 0.25) is 11.9 Å². The molecule has 0 radical (unpaired) electrons. The number of aromatic amines is 2. The van der Waals surface area contributed by atoms with Gasteiger partial charge in [0.25, 0.3) is 0 Å². The molecule has 3 aliphatic heterocycles. The Hall–Kier alpha value is -4.99. The normalized spacial score (nSPS) is 17.7. The first-order valence-electron chi connectivity index (χ1n) is 12.8. The summed E-state index contributed by atoms with van der Waals surface area (Å²) in [6, 6.07) is 20.7. The highest BCUT2D eigenvalue weighted by Crippen LogP contribution is 2.31. The largest absolute Gasteiger partial charge is 0.368 e. The van der Waals surface area contributed by atoms with Crippen LogP contribution in [0.15, 0.2) is 75.6 Å². The summed E-state index contributed by atoms with van der Waals surface area (Å²) in [6.07, 6.45) is 0. The van der Waals surface area contributed by atoms with Crippen molar-refractivity contribution in [2.45, 2.75) is 6.54 Å². The first-order valence-corrected chi connectivity index (χ1v) is 12.8. The zero-order valence-electron chi connectivity index (χ0n) is 20.5. The van der Waals surface area contributed by atoms with Crippen molar-refractivity contribution < 1.29 is 0 Å². The number of amidine groups is 3. The minimum absolute atomic E-state index is 0.555. The third-order valence-corrected chi connectivity index (χ3v) is 7.14. The average Bonchev–Trinajstić information content (AvgIpc) is 3.77. The minimum Gasteiger partial charge on any atom is -0.368 e. The molecule has 5 aromatic rings. The van der Waals surface area contributed by atoms with E-state index in [0.717, 1.165) is 88.4 Å². The molecular weight excluding hydrogens is 476 g/mol. The van der Waals surface area contributed by atoms with E-state index in [2.05, 4.69) is 71.9 Å². The molecular formula is C28H24N10. The average molecular weight is 501 g/mol. The summed E-state index contributed by atoms with van der Waals surface area (Å²) in [5.41, 5.74) is 8.03. The number of imidazole rings is 2. The van der Waals surface area contributed by atoms with Crippen molar-refractivity contribution in [3.8, 4) is 0 Å². The molecule has 0 atom stereocenters. The van der Waals surface area contributed by atoms with E-state index >= 15 is 0 Å². The summed E-state index contributed by atoms with van der Waals surface area (Å²) in [5.74, 6) is 3.97. The molecule has 0 unspecified atom stereocenters.